The topological polar surface area (TPSA) is 98.9 Å². The average molecular weight is 254 g/mol. The third kappa shape index (κ3) is 3.04. The smallest absolute Gasteiger partial charge is 0.339 e. The van der Waals surface area contributed by atoms with E-state index in [1.165, 1.54) is 12.5 Å². The van der Waals surface area contributed by atoms with Gasteiger partial charge in [0.2, 0.25) is 0 Å². The normalized spacial score (nSPS) is 9.63. The van der Waals surface area contributed by atoms with Crippen LogP contribution in [-0.2, 0) is 6.54 Å². The highest BCUT2D eigenvalue weighted by atomic mass is 16.4. The molecule has 2 aromatic rings. The number of hydrogen-bond donors (Lipinski definition) is 2. The van der Waals surface area contributed by atoms with E-state index in [1.807, 2.05) is 6.07 Å². The highest BCUT2D eigenvalue weighted by molar-refractivity contribution is 5.88. The van der Waals surface area contributed by atoms with Crippen molar-refractivity contribution in [2.24, 2.45) is 0 Å². The van der Waals surface area contributed by atoms with Crippen LogP contribution in [0.4, 0.5) is 5.69 Å². The van der Waals surface area contributed by atoms with Crippen LogP contribution in [0.3, 0.4) is 0 Å². The van der Waals surface area contributed by atoms with Gasteiger partial charge in [-0.3, -0.25) is 0 Å². The van der Waals surface area contributed by atoms with Gasteiger partial charge in [-0.15, -0.1) is 0 Å². The number of rotatable bonds is 4. The van der Waals surface area contributed by atoms with E-state index in [0.29, 0.717) is 11.3 Å². The van der Waals surface area contributed by atoms with Crippen molar-refractivity contribution in [3.05, 3.63) is 53.6 Å². The number of aromatic carboxylic acids is 1. The van der Waals surface area contributed by atoms with Gasteiger partial charge in [0.25, 0.3) is 0 Å². The van der Waals surface area contributed by atoms with Gasteiger partial charge < -0.3 is 10.4 Å². The van der Waals surface area contributed by atoms with Gasteiger partial charge in [-0.05, 0) is 24.3 Å². The van der Waals surface area contributed by atoms with E-state index < -0.39 is 5.97 Å². The zero-order chi connectivity index (χ0) is 13.7. The summed E-state index contributed by atoms with van der Waals surface area (Å²) in [7, 11) is 0. The van der Waals surface area contributed by atoms with Crippen molar-refractivity contribution in [3.63, 3.8) is 0 Å². The van der Waals surface area contributed by atoms with Gasteiger partial charge in [0.05, 0.1) is 23.9 Å². The fourth-order valence-electron chi connectivity index (χ4n) is 1.52. The number of benzene rings is 1. The molecule has 1 aromatic carbocycles. The van der Waals surface area contributed by atoms with Crippen molar-refractivity contribution >= 4 is 11.7 Å². The summed E-state index contributed by atoms with van der Waals surface area (Å²) < 4.78 is 0. The molecule has 0 atom stereocenters. The van der Waals surface area contributed by atoms with E-state index >= 15 is 0 Å². The number of nitrogens with zero attached hydrogens (tertiary/aromatic N) is 3. The van der Waals surface area contributed by atoms with Crippen LogP contribution in [0, 0.1) is 11.3 Å². The number of nitriles is 1. The van der Waals surface area contributed by atoms with Gasteiger partial charge in [-0.2, -0.15) is 5.26 Å². The largest absolute Gasteiger partial charge is 0.478 e. The molecular weight excluding hydrogens is 244 g/mol. The number of carboxylic acid groups (broad SMARTS) is 1. The predicted octanol–water partition coefficient (Wildman–Crippen LogP) is 1.66. The second-order valence-electron chi connectivity index (χ2n) is 3.73. The Morgan fingerprint density at radius 1 is 1.37 bits per heavy atom. The fourth-order valence-corrected chi connectivity index (χ4v) is 1.52. The fraction of sp³-hybridized carbons (Fsp3) is 0.0769. The summed E-state index contributed by atoms with van der Waals surface area (Å²) in [5, 5.41) is 20.7. The standard InChI is InChI=1S/C13H10N4O2/c14-5-9-1-3-10(4-2-9)16-7-12-11(13(18)19)6-15-8-17-12/h1-4,6,8,16H,7H2,(H,18,19). The Hall–Kier alpha value is -2.94. The van der Waals surface area contributed by atoms with Gasteiger partial charge in [-0.1, -0.05) is 0 Å². The second kappa shape index (κ2) is 5.60. The molecule has 0 saturated carbocycles. The van der Waals surface area contributed by atoms with Gasteiger partial charge >= 0.3 is 5.97 Å². The molecule has 6 nitrogen and oxygen atoms in total. The maximum Gasteiger partial charge on any atom is 0.339 e. The predicted molar refractivity (Wildman–Crippen MR) is 67.5 cm³/mol. The third-order valence-electron chi connectivity index (χ3n) is 2.50. The summed E-state index contributed by atoms with van der Waals surface area (Å²) in [6.45, 7) is 0.274. The first kappa shape index (κ1) is 12.5. The lowest BCUT2D eigenvalue weighted by molar-refractivity contribution is 0.0694. The minimum atomic E-state index is -1.06. The van der Waals surface area contributed by atoms with E-state index in [9.17, 15) is 4.79 Å². The van der Waals surface area contributed by atoms with Crippen LogP contribution in [0.1, 0.15) is 21.6 Å². The van der Waals surface area contributed by atoms with E-state index in [2.05, 4.69) is 15.3 Å². The van der Waals surface area contributed by atoms with Crippen molar-refractivity contribution < 1.29 is 9.90 Å². The first-order chi connectivity index (χ1) is 9.20. The summed E-state index contributed by atoms with van der Waals surface area (Å²) in [6.07, 6.45) is 2.58. The molecule has 2 rings (SSSR count). The maximum absolute atomic E-state index is 11.0. The van der Waals surface area contributed by atoms with E-state index in [1.54, 1.807) is 24.3 Å². The van der Waals surface area contributed by atoms with E-state index in [0.717, 1.165) is 5.69 Å². The Morgan fingerprint density at radius 3 is 2.74 bits per heavy atom. The van der Waals surface area contributed by atoms with Crippen LogP contribution < -0.4 is 5.32 Å². The molecule has 0 aliphatic heterocycles. The molecule has 94 valence electrons. The zero-order valence-electron chi connectivity index (χ0n) is 9.87. The molecule has 19 heavy (non-hydrogen) atoms. The lowest BCUT2D eigenvalue weighted by Gasteiger charge is -2.07. The van der Waals surface area contributed by atoms with Crippen molar-refractivity contribution in [1.82, 2.24) is 9.97 Å². The Bertz CT molecular complexity index is 632. The highest BCUT2D eigenvalue weighted by Crippen LogP contribution is 2.11. The Morgan fingerprint density at radius 2 is 2.11 bits per heavy atom. The Labute approximate surface area is 109 Å². The van der Waals surface area contributed by atoms with Crippen molar-refractivity contribution in [2.45, 2.75) is 6.54 Å². The van der Waals surface area contributed by atoms with Crippen molar-refractivity contribution in [2.75, 3.05) is 5.32 Å². The molecule has 0 fully saturated rings. The minimum Gasteiger partial charge on any atom is -0.478 e. The first-order valence-electron chi connectivity index (χ1n) is 5.47. The van der Waals surface area contributed by atoms with Gasteiger partial charge in [0.15, 0.2) is 0 Å². The lowest BCUT2D eigenvalue weighted by atomic mass is 10.2. The molecule has 2 N–H and O–H groups in total. The quantitative estimate of drug-likeness (QED) is 0.860. The van der Waals surface area contributed by atoms with Crippen LogP contribution in [0.5, 0.6) is 0 Å². The summed E-state index contributed by atoms with van der Waals surface area (Å²) in [6, 6.07) is 8.89. The monoisotopic (exact) mass is 254 g/mol. The molecule has 0 aliphatic rings. The number of aromatic nitrogens is 2. The summed E-state index contributed by atoms with van der Waals surface area (Å²) in [5.74, 6) is -1.06. The number of carbonyl (C=O) groups is 1. The molecule has 0 spiro atoms. The summed E-state index contributed by atoms with van der Waals surface area (Å²) >= 11 is 0. The van der Waals surface area contributed by atoms with Crippen molar-refractivity contribution in [1.29, 1.82) is 5.26 Å². The van der Waals surface area contributed by atoms with Crippen LogP contribution in [0.25, 0.3) is 0 Å². The number of anilines is 1. The maximum atomic E-state index is 11.0. The second-order valence-corrected chi connectivity index (χ2v) is 3.73. The lowest BCUT2D eigenvalue weighted by Crippen LogP contribution is -2.10. The number of hydrogen-bond acceptors (Lipinski definition) is 5. The molecule has 0 amide bonds. The molecular formula is C13H10N4O2. The van der Waals surface area contributed by atoms with E-state index in [-0.39, 0.29) is 12.1 Å². The molecule has 1 heterocycles. The molecule has 0 aliphatic carbocycles. The summed E-state index contributed by atoms with van der Waals surface area (Å²) in [4.78, 5) is 18.6. The number of nitrogens with one attached hydrogen (secondary N) is 1. The van der Waals surface area contributed by atoms with E-state index in [4.69, 9.17) is 10.4 Å². The molecule has 0 unspecified atom stereocenters. The molecule has 0 bridgehead atoms. The molecule has 6 heteroatoms. The highest BCUT2D eigenvalue weighted by Gasteiger charge is 2.10. The minimum absolute atomic E-state index is 0.0728. The van der Waals surface area contributed by atoms with Gasteiger partial charge in [-0.25, -0.2) is 14.8 Å². The Kier molecular flexibility index (Phi) is 3.69. The molecule has 0 radical (unpaired) electrons. The SMILES string of the molecule is N#Cc1ccc(NCc2ncncc2C(=O)O)cc1. The average Bonchev–Trinajstić information content (AvgIpc) is 2.46. The van der Waals surface area contributed by atoms with Crippen LogP contribution in [0.2, 0.25) is 0 Å². The van der Waals surface area contributed by atoms with Crippen LogP contribution in [0.15, 0.2) is 36.8 Å². The molecule has 1 aromatic heterocycles. The van der Waals surface area contributed by atoms with Crippen LogP contribution >= 0.6 is 0 Å². The van der Waals surface area contributed by atoms with Crippen molar-refractivity contribution in [3.8, 4) is 6.07 Å². The van der Waals surface area contributed by atoms with Gasteiger partial charge in [0.1, 0.15) is 11.9 Å². The number of carboxylic acids is 1. The Balaban J connectivity index is 2.10. The third-order valence-corrected chi connectivity index (χ3v) is 2.50. The van der Waals surface area contributed by atoms with Crippen LogP contribution in [-0.4, -0.2) is 21.0 Å². The zero-order valence-corrected chi connectivity index (χ0v) is 9.87. The summed E-state index contributed by atoms with van der Waals surface area (Å²) in [5.41, 5.74) is 1.84. The first-order valence-corrected chi connectivity index (χ1v) is 5.47. The van der Waals surface area contributed by atoms with Gasteiger partial charge in [0, 0.05) is 11.9 Å². The molecule has 0 saturated heterocycles.